The van der Waals surface area contributed by atoms with Crippen molar-refractivity contribution >= 4 is 6.09 Å². The molecule has 4 rings (SSSR count). The normalized spacial score (nSPS) is 46.7. The van der Waals surface area contributed by atoms with Gasteiger partial charge in [-0.1, -0.05) is 34.1 Å². The molecule has 4 saturated carbocycles. The molecule has 0 heterocycles. The summed E-state index contributed by atoms with van der Waals surface area (Å²) in [6, 6.07) is 0. The summed E-state index contributed by atoms with van der Waals surface area (Å²) in [4.78, 5) is 11.7. The Morgan fingerprint density at radius 1 is 1.06 bits per heavy atom. The quantitative estimate of drug-likeness (QED) is 0.435. The Kier molecular flexibility index (Phi) is 7.91. The minimum absolute atomic E-state index is 0.0827. The Hall–Kier alpha value is -0.850. The van der Waals surface area contributed by atoms with Crippen LogP contribution in [0.15, 0.2) is 0 Å². The van der Waals surface area contributed by atoms with E-state index in [1.54, 1.807) is 0 Å². The van der Waals surface area contributed by atoms with E-state index in [9.17, 15) is 15.0 Å². The summed E-state index contributed by atoms with van der Waals surface area (Å²) in [5, 5.41) is 33.6. The second kappa shape index (κ2) is 10.3. The third kappa shape index (κ3) is 4.41. The molecule has 34 heavy (non-hydrogen) atoms. The molecule has 11 atom stereocenters. The van der Waals surface area contributed by atoms with Gasteiger partial charge < -0.3 is 25.4 Å². The van der Waals surface area contributed by atoms with E-state index in [1.807, 2.05) is 0 Å². The van der Waals surface area contributed by atoms with Gasteiger partial charge in [0.05, 0.1) is 25.4 Å². The minimum Gasteiger partial charge on any atom is -0.450 e. The van der Waals surface area contributed by atoms with Gasteiger partial charge in [-0.25, -0.2) is 4.79 Å². The average molecular weight is 480 g/mol. The largest absolute Gasteiger partial charge is 0.450 e. The summed E-state index contributed by atoms with van der Waals surface area (Å²) < 4.78 is 5.33. The number of carbonyl (C=O) groups is 1. The minimum atomic E-state index is -0.450. The van der Waals surface area contributed by atoms with E-state index in [1.165, 1.54) is 25.7 Å². The molecule has 4 N–H and O–H groups in total. The van der Waals surface area contributed by atoms with E-state index in [2.05, 4.69) is 33.0 Å². The molecule has 0 spiro atoms. The predicted molar refractivity (Wildman–Crippen MR) is 132 cm³/mol. The number of alkyl carbamates (subject to hydrolysis) is 1. The highest BCUT2D eigenvalue weighted by molar-refractivity contribution is 5.66. The number of carbonyl (C=O) groups excluding carboxylic acids is 1. The number of fused-ring (bicyclic) bond motifs is 5. The first-order chi connectivity index (χ1) is 16.2. The second-order valence-electron chi connectivity index (χ2n) is 12.7. The van der Waals surface area contributed by atoms with Crippen molar-refractivity contribution in [3.8, 4) is 0 Å². The molecule has 0 aliphatic heterocycles. The van der Waals surface area contributed by atoms with Crippen molar-refractivity contribution in [1.29, 1.82) is 0 Å². The van der Waals surface area contributed by atoms with Gasteiger partial charge in [0.25, 0.3) is 0 Å². The summed E-state index contributed by atoms with van der Waals surface area (Å²) in [5.41, 5.74) is 0.473. The van der Waals surface area contributed by atoms with Crippen molar-refractivity contribution in [3.05, 3.63) is 0 Å². The Bertz CT molecular complexity index is 717. The zero-order valence-corrected chi connectivity index (χ0v) is 21.8. The summed E-state index contributed by atoms with van der Waals surface area (Å²) in [6.07, 6.45) is 8.63. The number of hydrogen-bond acceptors (Lipinski definition) is 5. The van der Waals surface area contributed by atoms with Crippen LogP contribution in [0.2, 0.25) is 0 Å². The van der Waals surface area contributed by atoms with Crippen molar-refractivity contribution < 1.29 is 24.9 Å². The van der Waals surface area contributed by atoms with Gasteiger partial charge in [0, 0.05) is 6.54 Å². The number of amides is 1. The van der Waals surface area contributed by atoms with E-state index < -0.39 is 6.09 Å². The monoisotopic (exact) mass is 479 g/mol. The number of aliphatic hydroxyl groups excluding tert-OH is 3. The molecule has 0 saturated heterocycles. The highest BCUT2D eigenvalue weighted by Crippen LogP contribution is 2.69. The maximum Gasteiger partial charge on any atom is 0.407 e. The van der Waals surface area contributed by atoms with Crippen LogP contribution in [0.25, 0.3) is 0 Å². The second-order valence-corrected chi connectivity index (χ2v) is 12.7. The van der Waals surface area contributed by atoms with Crippen LogP contribution in [0.5, 0.6) is 0 Å². The van der Waals surface area contributed by atoms with E-state index in [0.717, 1.165) is 32.1 Å². The topological polar surface area (TPSA) is 99.0 Å². The van der Waals surface area contributed by atoms with Crippen LogP contribution in [-0.4, -0.2) is 53.4 Å². The van der Waals surface area contributed by atoms with Crippen molar-refractivity contribution in [2.24, 2.45) is 52.3 Å². The Morgan fingerprint density at radius 3 is 2.47 bits per heavy atom. The number of nitrogens with one attached hydrogen (secondary N) is 1. The van der Waals surface area contributed by atoms with Gasteiger partial charge in [-0.05, 0) is 104 Å². The molecular weight excluding hydrogens is 430 g/mol. The van der Waals surface area contributed by atoms with Crippen LogP contribution in [0.1, 0.15) is 85.5 Å². The number of ether oxygens (including phenoxy) is 1. The Labute approximate surface area is 206 Å². The van der Waals surface area contributed by atoms with Crippen LogP contribution in [0.4, 0.5) is 4.79 Å². The smallest absolute Gasteiger partial charge is 0.407 e. The predicted octanol–water partition coefficient (Wildman–Crippen LogP) is 4.36. The highest BCUT2D eigenvalue weighted by atomic mass is 16.5. The fourth-order valence-electron chi connectivity index (χ4n) is 9.68. The molecule has 0 aromatic rings. The molecule has 4 aliphatic rings. The van der Waals surface area contributed by atoms with Gasteiger partial charge in [0.1, 0.15) is 0 Å². The molecule has 1 amide bonds. The van der Waals surface area contributed by atoms with Crippen molar-refractivity contribution in [3.63, 3.8) is 0 Å². The molecule has 0 aromatic heterocycles. The SMILES string of the molecule is CC[C@H]1[C@@H](O)[C@@H]2[C@H](CC[C@]3(C)[C@@H]([C@H](C)CCOC(=O)NCCO)CC[C@@H]23)[C@@]2(C)CC[C@@H](O)C[C@@H]12. The molecule has 196 valence electrons. The molecule has 0 aromatic carbocycles. The van der Waals surface area contributed by atoms with Crippen LogP contribution >= 0.6 is 0 Å². The van der Waals surface area contributed by atoms with Gasteiger partial charge >= 0.3 is 6.09 Å². The lowest BCUT2D eigenvalue weighted by Gasteiger charge is -2.64. The third-order valence-electron chi connectivity index (χ3n) is 11.3. The molecule has 6 heteroatoms. The standard InChI is InChI=1S/C28H49NO5/c1-5-19-23-16-18(31)8-11-28(23,4)22-9-12-27(3)20(6-7-21(27)24(22)25(19)32)17(2)10-15-34-26(33)29-13-14-30/h17-25,30-32H,5-16H2,1-4H3,(H,29,33)/t17-,18-,19-,20-,21+,22+,23+,24+,25-,27-,28-/m1/s1. The third-order valence-corrected chi connectivity index (χ3v) is 11.3. The highest BCUT2D eigenvalue weighted by Gasteiger charge is 2.64. The van der Waals surface area contributed by atoms with E-state index in [4.69, 9.17) is 9.84 Å². The zero-order chi connectivity index (χ0) is 24.7. The van der Waals surface area contributed by atoms with Gasteiger partial charge in [-0.3, -0.25) is 0 Å². The summed E-state index contributed by atoms with van der Waals surface area (Å²) in [5.74, 6) is 3.28. The lowest BCUT2D eigenvalue weighted by Crippen LogP contribution is -2.62. The lowest BCUT2D eigenvalue weighted by atomic mass is 9.41. The molecule has 4 fully saturated rings. The van der Waals surface area contributed by atoms with Gasteiger partial charge in [-0.2, -0.15) is 0 Å². The van der Waals surface area contributed by atoms with Crippen molar-refractivity contribution in [2.45, 2.75) is 97.7 Å². The van der Waals surface area contributed by atoms with Crippen LogP contribution in [-0.2, 0) is 4.74 Å². The first kappa shape index (κ1) is 26.2. The van der Waals surface area contributed by atoms with E-state index in [-0.39, 0.29) is 36.2 Å². The fraction of sp³-hybridized carbons (Fsp3) is 0.964. The van der Waals surface area contributed by atoms with Crippen LogP contribution in [0.3, 0.4) is 0 Å². The number of rotatable bonds is 7. The summed E-state index contributed by atoms with van der Waals surface area (Å²) in [6.45, 7) is 10.1. The first-order valence-corrected chi connectivity index (χ1v) is 14.0. The molecular formula is C28H49NO5. The fourth-order valence-corrected chi connectivity index (χ4v) is 9.68. The molecule has 0 bridgehead atoms. The maximum absolute atomic E-state index is 11.8. The van der Waals surface area contributed by atoms with Crippen LogP contribution < -0.4 is 5.32 Å². The van der Waals surface area contributed by atoms with E-state index in [0.29, 0.717) is 48.0 Å². The van der Waals surface area contributed by atoms with Gasteiger partial charge in [0.15, 0.2) is 0 Å². The molecule has 0 radical (unpaired) electrons. The van der Waals surface area contributed by atoms with Gasteiger partial charge in [-0.15, -0.1) is 0 Å². The number of aliphatic hydroxyl groups is 3. The zero-order valence-electron chi connectivity index (χ0n) is 21.8. The number of hydrogen-bond donors (Lipinski definition) is 4. The summed E-state index contributed by atoms with van der Waals surface area (Å²) in [7, 11) is 0. The van der Waals surface area contributed by atoms with Crippen molar-refractivity contribution in [1.82, 2.24) is 5.32 Å². The first-order valence-electron chi connectivity index (χ1n) is 14.0. The maximum atomic E-state index is 11.8. The van der Waals surface area contributed by atoms with Crippen LogP contribution in [0, 0.1) is 52.3 Å². The molecule has 6 nitrogen and oxygen atoms in total. The summed E-state index contributed by atoms with van der Waals surface area (Å²) >= 11 is 0. The van der Waals surface area contributed by atoms with Crippen molar-refractivity contribution in [2.75, 3.05) is 19.8 Å². The molecule has 0 unspecified atom stereocenters. The van der Waals surface area contributed by atoms with Gasteiger partial charge in [0.2, 0.25) is 0 Å². The lowest BCUT2D eigenvalue weighted by molar-refractivity contribution is -0.203. The Morgan fingerprint density at radius 2 is 1.76 bits per heavy atom. The average Bonchev–Trinajstić information content (AvgIpc) is 3.16. The molecule has 4 aliphatic carbocycles. The Balaban J connectivity index is 1.47. The van der Waals surface area contributed by atoms with E-state index >= 15 is 0 Å².